The monoisotopic (exact) mass is 374 g/mol. The zero-order valence-electron chi connectivity index (χ0n) is 10.8. The van der Waals surface area contributed by atoms with Gasteiger partial charge in [0.15, 0.2) is 0 Å². The molecule has 0 radical (unpaired) electrons. The maximum atomic E-state index is 13.8. The van der Waals surface area contributed by atoms with E-state index in [0.717, 1.165) is 21.5 Å². The molecule has 1 amide bonds. The number of rotatable bonds is 2. The minimum atomic E-state index is -0.895. The van der Waals surface area contributed by atoms with Gasteiger partial charge in [-0.3, -0.25) is 4.79 Å². The molecule has 2 aromatic rings. The van der Waals surface area contributed by atoms with Crippen molar-refractivity contribution in [3.8, 4) is 0 Å². The molecule has 21 heavy (non-hydrogen) atoms. The van der Waals surface area contributed by atoms with Gasteiger partial charge in [0.05, 0.1) is 22.0 Å². The number of amides is 1. The topological polar surface area (TPSA) is 46.3 Å². The van der Waals surface area contributed by atoms with Crippen LogP contribution in [0, 0.1) is 11.6 Å². The summed E-state index contributed by atoms with van der Waals surface area (Å²) in [5, 5.41) is -0.380. The van der Waals surface area contributed by atoms with Gasteiger partial charge < -0.3 is 10.6 Å². The van der Waals surface area contributed by atoms with E-state index in [1.165, 1.54) is 7.05 Å². The zero-order valence-corrected chi connectivity index (χ0v) is 13.2. The van der Waals surface area contributed by atoms with E-state index in [1.54, 1.807) is 18.2 Å². The van der Waals surface area contributed by atoms with Crippen LogP contribution in [0.15, 0.2) is 34.8 Å². The summed E-state index contributed by atoms with van der Waals surface area (Å²) in [7, 11) is 1.42. The summed E-state index contributed by atoms with van der Waals surface area (Å²) in [6.45, 7) is 0. The summed E-state index contributed by atoms with van der Waals surface area (Å²) in [5.74, 6) is -2.48. The van der Waals surface area contributed by atoms with Crippen LogP contribution in [-0.4, -0.2) is 13.0 Å². The molecular weight excluding hydrogens is 366 g/mol. The molecule has 0 atom stereocenters. The summed E-state index contributed by atoms with van der Waals surface area (Å²) < 4.78 is 27.9. The first-order valence-electron chi connectivity index (χ1n) is 5.79. The van der Waals surface area contributed by atoms with Gasteiger partial charge in [0.25, 0.3) is 5.91 Å². The van der Waals surface area contributed by atoms with Crippen molar-refractivity contribution in [3.05, 3.63) is 57.0 Å². The van der Waals surface area contributed by atoms with Crippen molar-refractivity contribution in [2.24, 2.45) is 0 Å². The highest BCUT2D eigenvalue weighted by Gasteiger charge is 2.21. The highest BCUT2D eigenvalue weighted by Crippen LogP contribution is 2.28. The number of nitrogens with zero attached hydrogens (tertiary/aromatic N) is 1. The summed E-state index contributed by atoms with van der Waals surface area (Å²) in [6, 6.07) is 6.43. The molecule has 0 spiro atoms. The van der Waals surface area contributed by atoms with Gasteiger partial charge in [-0.15, -0.1) is 0 Å². The summed E-state index contributed by atoms with van der Waals surface area (Å²) >= 11 is 8.71. The molecule has 0 aliphatic carbocycles. The third kappa shape index (κ3) is 3.16. The van der Waals surface area contributed by atoms with Crippen molar-refractivity contribution in [2.45, 2.75) is 0 Å². The van der Waals surface area contributed by atoms with Crippen molar-refractivity contribution in [2.75, 3.05) is 17.7 Å². The van der Waals surface area contributed by atoms with Crippen LogP contribution < -0.4 is 10.6 Å². The van der Waals surface area contributed by atoms with E-state index in [9.17, 15) is 13.6 Å². The number of nitrogen functional groups attached to an aromatic ring is 1. The van der Waals surface area contributed by atoms with Crippen LogP contribution in [0.2, 0.25) is 5.02 Å². The maximum Gasteiger partial charge on any atom is 0.261 e. The van der Waals surface area contributed by atoms with Gasteiger partial charge in [-0.25, -0.2) is 8.78 Å². The molecule has 0 fully saturated rings. The molecule has 0 heterocycles. The highest BCUT2D eigenvalue weighted by atomic mass is 79.9. The molecule has 2 aromatic carbocycles. The van der Waals surface area contributed by atoms with Gasteiger partial charge in [-0.05, 0) is 30.3 Å². The van der Waals surface area contributed by atoms with Gasteiger partial charge in [-0.1, -0.05) is 27.5 Å². The number of hydrogen-bond acceptors (Lipinski definition) is 2. The Balaban J connectivity index is 2.42. The normalized spacial score (nSPS) is 10.5. The molecule has 0 aliphatic heterocycles. The molecule has 0 saturated heterocycles. The molecule has 0 saturated carbocycles. The van der Waals surface area contributed by atoms with E-state index >= 15 is 0 Å². The van der Waals surface area contributed by atoms with Gasteiger partial charge in [0, 0.05) is 11.5 Å². The second kappa shape index (κ2) is 5.99. The van der Waals surface area contributed by atoms with E-state index in [0.29, 0.717) is 11.4 Å². The molecule has 0 aliphatic rings. The number of benzene rings is 2. The molecule has 2 rings (SSSR count). The largest absolute Gasteiger partial charge is 0.397 e. The van der Waals surface area contributed by atoms with Crippen molar-refractivity contribution in [1.29, 1.82) is 0 Å². The van der Waals surface area contributed by atoms with Crippen LogP contribution in [0.3, 0.4) is 0 Å². The summed E-state index contributed by atoms with van der Waals surface area (Å²) in [5.41, 5.74) is 6.12. The van der Waals surface area contributed by atoms with Crippen molar-refractivity contribution < 1.29 is 13.6 Å². The minimum absolute atomic E-state index is 0.329. The number of halogens is 4. The average molecular weight is 376 g/mol. The average Bonchev–Trinajstić information content (AvgIpc) is 2.41. The molecule has 2 N–H and O–H groups in total. The Morgan fingerprint density at radius 2 is 1.90 bits per heavy atom. The third-order valence-electron chi connectivity index (χ3n) is 2.90. The van der Waals surface area contributed by atoms with Crippen molar-refractivity contribution in [3.63, 3.8) is 0 Å². The van der Waals surface area contributed by atoms with Crippen LogP contribution >= 0.6 is 27.5 Å². The second-order valence-electron chi connectivity index (χ2n) is 4.31. The number of anilines is 2. The summed E-state index contributed by atoms with van der Waals surface area (Å²) in [4.78, 5) is 13.4. The minimum Gasteiger partial charge on any atom is -0.397 e. The van der Waals surface area contributed by atoms with Gasteiger partial charge in [0.2, 0.25) is 0 Å². The number of carbonyl (C=O) groups is 1. The number of carbonyl (C=O) groups excluding carboxylic acids is 1. The van der Waals surface area contributed by atoms with Gasteiger partial charge in [-0.2, -0.15) is 0 Å². The van der Waals surface area contributed by atoms with E-state index in [2.05, 4.69) is 15.9 Å². The van der Waals surface area contributed by atoms with Crippen molar-refractivity contribution in [1.82, 2.24) is 0 Å². The Bertz CT molecular complexity index is 724. The van der Waals surface area contributed by atoms with E-state index in [1.807, 2.05) is 0 Å². The Labute approximate surface area is 133 Å². The Hall–Kier alpha value is -1.66. The SMILES string of the molecule is CN(C(=O)c1cc(F)c(Cl)cc1F)c1ccc(Br)cc1N. The summed E-state index contributed by atoms with van der Waals surface area (Å²) in [6.07, 6.45) is 0. The molecule has 0 bridgehead atoms. The van der Waals surface area contributed by atoms with Crippen LogP contribution in [0.25, 0.3) is 0 Å². The second-order valence-corrected chi connectivity index (χ2v) is 5.64. The van der Waals surface area contributed by atoms with E-state index in [-0.39, 0.29) is 5.02 Å². The predicted molar refractivity (Wildman–Crippen MR) is 82.7 cm³/mol. The fourth-order valence-electron chi connectivity index (χ4n) is 1.81. The van der Waals surface area contributed by atoms with Crippen LogP contribution in [0.5, 0.6) is 0 Å². The molecule has 3 nitrogen and oxygen atoms in total. The lowest BCUT2D eigenvalue weighted by Gasteiger charge is -2.20. The van der Waals surface area contributed by atoms with Crippen LogP contribution in [-0.2, 0) is 0 Å². The lowest BCUT2D eigenvalue weighted by molar-refractivity contribution is 0.0988. The zero-order chi connectivity index (χ0) is 15.7. The maximum absolute atomic E-state index is 13.8. The molecular formula is C14H10BrClF2N2O. The fraction of sp³-hybridized carbons (Fsp3) is 0.0714. The Kier molecular flexibility index (Phi) is 4.49. The molecule has 0 unspecified atom stereocenters. The van der Waals surface area contributed by atoms with Crippen LogP contribution in [0.4, 0.5) is 20.2 Å². The molecule has 110 valence electrons. The fourth-order valence-corrected chi connectivity index (χ4v) is 2.34. The van der Waals surface area contributed by atoms with Gasteiger partial charge >= 0.3 is 0 Å². The molecule has 7 heteroatoms. The first-order chi connectivity index (χ1) is 9.81. The quantitative estimate of drug-likeness (QED) is 0.630. The Morgan fingerprint density at radius 1 is 1.24 bits per heavy atom. The number of nitrogens with two attached hydrogens (primary N) is 1. The van der Waals surface area contributed by atoms with Crippen molar-refractivity contribution >= 4 is 44.8 Å². The third-order valence-corrected chi connectivity index (χ3v) is 3.68. The lowest BCUT2D eigenvalue weighted by atomic mass is 10.1. The first kappa shape index (κ1) is 15.7. The standard InChI is InChI=1S/C14H10BrClF2N2O/c1-20(13-3-2-7(15)4-12(13)19)14(21)8-5-11(18)9(16)6-10(8)17/h2-6H,19H2,1H3. The molecule has 0 aromatic heterocycles. The van der Waals surface area contributed by atoms with E-state index < -0.39 is 23.1 Å². The van der Waals surface area contributed by atoms with E-state index in [4.69, 9.17) is 17.3 Å². The highest BCUT2D eigenvalue weighted by molar-refractivity contribution is 9.10. The number of hydrogen-bond donors (Lipinski definition) is 1. The Morgan fingerprint density at radius 3 is 2.52 bits per heavy atom. The van der Waals surface area contributed by atoms with Crippen LogP contribution in [0.1, 0.15) is 10.4 Å². The lowest BCUT2D eigenvalue weighted by Crippen LogP contribution is -2.28. The smallest absolute Gasteiger partial charge is 0.261 e. The predicted octanol–water partition coefficient (Wildman–Crippen LogP) is 4.24. The van der Waals surface area contributed by atoms with Gasteiger partial charge in [0.1, 0.15) is 11.6 Å². The first-order valence-corrected chi connectivity index (χ1v) is 6.96.